The summed E-state index contributed by atoms with van der Waals surface area (Å²) in [7, 11) is 1.50. The number of rotatable bonds is 4. The zero-order valence-corrected chi connectivity index (χ0v) is 12.6. The number of fused-ring (bicyclic) bond motifs is 1. The second kappa shape index (κ2) is 6.12. The van der Waals surface area contributed by atoms with Crippen LogP contribution in [0.15, 0.2) is 36.4 Å². The lowest BCUT2D eigenvalue weighted by molar-refractivity contribution is -0.274. The molecule has 2 aromatic rings. The molecule has 3 rings (SSSR count). The highest BCUT2D eigenvalue weighted by molar-refractivity contribution is 5.56. The van der Waals surface area contributed by atoms with Crippen molar-refractivity contribution in [3.63, 3.8) is 0 Å². The Balaban J connectivity index is 1.85. The third-order valence-corrected chi connectivity index (χ3v) is 3.51. The molecule has 0 saturated carbocycles. The molecule has 1 atom stereocenters. The highest BCUT2D eigenvalue weighted by atomic mass is 19.4. The number of hydrogen-bond donors (Lipinski definition) is 1. The summed E-state index contributed by atoms with van der Waals surface area (Å²) >= 11 is 0. The van der Waals surface area contributed by atoms with E-state index in [4.69, 9.17) is 19.9 Å². The Kier molecular flexibility index (Phi) is 4.15. The Morgan fingerprint density at radius 1 is 1.08 bits per heavy atom. The predicted octanol–water partition coefficient (Wildman–Crippen LogP) is 3.37. The predicted molar refractivity (Wildman–Crippen MR) is 78.3 cm³/mol. The van der Waals surface area contributed by atoms with Gasteiger partial charge in [0.2, 0.25) is 12.5 Å². The summed E-state index contributed by atoms with van der Waals surface area (Å²) in [5, 5.41) is 0. The van der Waals surface area contributed by atoms with Gasteiger partial charge in [-0.05, 0) is 35.4 Å². The van der Waals surface area contributed by atoms with Crippen LogP contribution in [-0.2, 0) is 0 Å². The number of alkyl halides is 3. The minimum Gasteiger partial charge on any atom is -0.493 e. The molecule has 8 heteroatoms. The van der Waals surface area contributed by atoms with E-state index in [1.54, 1.807) is 12.1 Å². The molecule has 2 N–H and O–H groups in total. The Morgan fingerprint density at radius 3 is 2.42 bits per heavy atom. The summed E-state index contributed by atoms with van der Waals surface area (Å²) in [5.41, 5.74) is 7.49. The molecule has 24 heavy (non-hydrogen) atoms. The van der Waals surface area contributed by atoms with E-state index in [0.29, 0.717) is 28.4 Å². The molecule has 0 saturated heterocycles. The molecule has 5 nitrogen and oxygen atoms in total. The average Bonchev–Trinajstić information content (AvgIpc) is 3.01. The fraction of sp³-hybridized carbons (Fsp3) is 0.250. The molecule has 2 aromatic carbocycles. The molecule has 0 fully saturated rings. The highest BCUT2D eigenvalue weighted by Crippen LogP contribution is 2.43. The van der Waals surface area contributed by atoms with E-state index in [0.717, 1.165) is 0 Å². The molecule has 0 spiro atoms. The third-order valence-electron chi connectivity index (χ3n) is 3.51. The van der Waals surface area contributed by atoms with Crippen LogP contribution < -0.4 is 24.7 Å². The number of halogens is 3. The Hall–Kier alpha value is -2.61. The first-order valence-corrected chi connectivity index (χ1v) is 6.96. The van der Waals surface area contributed by atoms with Gasteiger partial charge in [0.05, 0.1) is 13.2 Å². The maximum absolute atomic E-state index is 12.2. The zero-order valence-electron chi connectivity index (χ0n) is 12.6. The molecule has 1 aliphatic rings. The summed E-state index contributed by atoms with van der Waals surface area (Å²) in [4.78, 5) is 0. The normalized spacial score (nSPS) is 14.4. The standard InChI is InChI=1S/C16H14F3NO4/c1-21-12-6-10(7-13-15(12)23-8-22-13)14(20)9-2-4-11(5-3-9)24-16(17,18)19/h2-7,14H,8,20H2,1H3/t14-/m1/s1. The number of ether oxygens (including phenoxy) is 4. The fourth-order valence-corrected chi connectivity index (χ4v) is 2.40. The molecule has 0 aromatic heterocycles. The van der Waals surface area contributed by atoms with Crippen molar-refractivity contribution in [3.05, 3.63) is 47.5 Å². The Bertz CT molecular complexity index is 731. The Labute approximate surface area is 135 Å². The highest BCUT2D eigenvalue weighted by Gasteiger charge is 2.31. The van der Waals surface area contributed by atoms with Gasteiger partial charge in [0.15, 0.2) is 11.5 Å². The van der Waals surface area contributed by atoms with Gasteiger partial charge in [0, 0.05) is 0 Å². The van der Waals surface area contributed by atoms with Crippen LogP contribution in [0, 0.1) is 0 Å². The van der Waals surface area contributed by atoms with E-state index in [2.05, 4.69) is 4.74 Å². The quantitative estimate of drug-likeness (QED) is 0.924. The maximum Gasteiger partial charge on any atom is 0.573 e. The van der Waals surface area contributed by atoms with Crippen LogP contribution in [-0.4, -0.2) is 20.3 Å². The molecule has 1 aliphatic heterocycles. The molecule has 0 amide bonds. The van der Waals surface area contributed by atoms with Gasteiger partial charge in [0.25, 0.3) is 0 Å². The summed E-state index contributed by atoms with van der Waals surface area (Å²) in [5.74, 6) is 1.19. The number of hydrogen-bond acceptors (Lipinski definition) is 5. The maximum atomic E-state index is 12.2. The van der Waals surface area contributed by atoms with E-state index >= 15 is 0 Å². The van der Waals surface area contributed by atoms with Crippen molar-refractivity contribution in [2.45, 2.75) is 12.4 Å². The summed E-state index contributed by atoms with van der Waals surface area (Å²) in [6, 6.07) is 8.23. The van der Waals surface area contributed by atoms with Gasteiger partial charge in [-0.25, -0.2) is 0 Å². The molecule has 0 radical (unpaired) electrons. The van der Waals surface area contributed by atoms with Gasteiger partial charge in [0.1, 0.15) is 5.75 Å². The van der Waals surface area contributed by atoms with Crippen molar-refractivity contribution in [1.29, 1.82) is 0 Å². The lowest BCUT2D eigenvalue weighted by Gasteiger charge is -2.16. The summed E-state index contributed by atoms with van der Waals surface area (Å²) in [6.07, 6.45) is -4.73. The van der Waals surface area contributed by atoms with Crippen molar-refractivity contribution in [3.8, 4) is 23.0 Å². The molecule has 128 valence electrons. The molecular formula is C16H14F3NO4. The number of methoxy groups -OCH3 is 1. The van der Waals surface area contributed by atoms with E-state index in [9.17, 15) is 13.2 Å². The first kappa shape index (κ1) is 16.3. The number of nitrogens with two attached hydrogens (primary N) is 1. The van der Waals surface area contributed by atoms with Gasteiger partial charge in [-0.1, -0.05) is 12.1 Å². The fourth-order valence-electron chi connectivity index (χ4n) is 2.40. The van der Waals surface area contributed by atoms with Crippen LogP contribution in [0.3, 0.4) is 0 Å². The minimum absolute atomic E-state index is 0.0911. The van der Waals surface area contributed by atoms with Gasteiger partial charge >= 0.3 is 6.36 Å². The lowest BCUT2D eigenvalue weighted by Crippen LogP contribution is -2.17. The van der Waals surface area contributed by atoms with Crippen LogP contribution in [0.2, 0.25) is 0 Å². The van der Waals surface area contributed by atoms with Crippen LogP contribution >= 0.6 is 0 Å². The van der Waals surface area contributed by atoms with E-state index in [1.807, 2.05) is 0 Å². The van der Waals surface area contributed by atoms with Gasteiger partial charge in [-0.15, -0.1) is 13.2 Å². The van der Waals surface area contributed by atoms with Crippen LogP contribution in [0.4, 0.5) is 13.2 Å². The van der Waals surface area contributed by atoms with Gasteiger partial charge in [-0.2, -0.15) is 0 Å². The van der Waals surface area contributed by atoms with Crippen LogP contribution in [0.5, 0.6) is 23.0 Å². The largest absolute Gasteiger partial charge is 0.573 e. The summed E-state index contributed by atoms with van der Waals surface area (Å²) < 4.78 is 56.3. The van der Waals surface area contributed by atoms with E-state index in [1.165, 1.54) is 31.4 Å². The zero-order chi connectivity index (χ0) is 17.3. The molecule has 1 heterocycles. The Morgan fingerprint density at radius 2 is 1.79 bits per heavy atom. The average molecular weight is 341 g/mol. The number of benzene rings is 2. The van der Waals surface area contributed by atoms with Crippen LogP contribution in [0.1, 0.15) is 17.2 Å². The molecule has 0 aliphatic carbocycles. The minimum atomic E-state index is -4.73. The van der Waals surface area contributed by atoms with Crippen molar-refractivity contribution in [1.82, 2.24) is 0 Å². The smallest absolute Gasteiger partial charge is 0.493 e. The third kappa shape index (κ3) is 3.33. The van der Waals surface area contributed by atoms with Gasteiger partial charge in [-0.3, -0.25) is 0 Å². The molecular weight excluding hydrogens is 327 g/mol. The SMILES string of the molecule is COc1cc([C@H](N)c2ccc(OC(F)(F)F)cc2)cc2c1OCO2. The van der Waals surface area contributed by atoms with Crippen molar-refractivity contribution in [2.24, 2.45) is 5.73 Å². The first-order valence-electron chi connectivity index (χ1n) is 6.96. The monoisotopic (exact) mass is 341 g/mol. The second-order valence-corrected chi connectivity index (χ2v) is 5.05. The van der Waals surface area contributed by atoms with Crippen molar-refractivity contribution >= 4 is 0 Å². The van der Waals surface area contributed by atoms with Gasteiger partial charge < -0.3 is 24.7 Å². The van der Waals surface area contributed by atoms with E-state index in [-0.39, 0.29) is 12.5 Å². The first-order chi connectivity index (χ1) is 11.4. The van der Waals surface area contributed by atoms with Crippen molar-refractivity contribution < 1.29 is 32.1 Å². The second-order valence-electron chi connectivity index (χ2n) is 5.05. The topological polar surface area (TPSA) is 62.9 Å². The molecule has 0 bridgehead atoms. The van der Waals surface area contributed by atoms with Crippen molar-refractivity contribution in [2.75, 3.05) is 13.9 Å². The van der Waals surface area contributed by atoms with E-state index < -0.39 is 12.4 Å². The lowest BCUT2D eigenvalue weighted by atomic mass is 9.99. The summed E-state index contributed by atoms with van der Waals surface area (Å²) in [6.45, 7) is 0.0911. The molecule has 0 unspecified atom stereocenters. The van der Waals surface area contributed by atoms with Crippen LogP contribution in [0.25, 0.3) is 0 Å².